The van der Waals surface area contributed by atoms with Gasteiger partial charge in [0, 0.05) is 6.20 Å². The van der Waals surface area contributed by atoms with E-state index in [2.05, 4.69) is 26.3 Å². The predicted octanol–water partition coefficient (Wildman–Crippen LogP) is 2.07. The number of hydrogen-bond acceptors (Lipinski definition) is 5. The van der Waals surface area contributed by atoms with Crippen molar-refractivity contribution < 1.29 is 5.11 Å². The fraction of sp³-hybridized carbons (Fsp3) is 0.0714. The second kappa shape index (κ2) is 4.99. The van der Waals surface area contributed by atoms with Crippen molar-refractivity contribution in [2.75, 3.05) is 5.32 Å². The number of nitrogens with one attached hydrogen (secondary N) is 2. The van der Waals surface area contributed by atoms with E-state index in [0.29, 0.717) is 17.3 Å². The Balaban J connectivity index is 1.92. The maximum Gasteiger partial charge on any atom is 0.206 e. The van der Waals surface area contributed by atoms with Gasteiger partial charge < -0.3 is 15.4 Å². The molecule has 98 valence electrons. The molecule has 0 saturated carbocycles. The molecule has 1 aromatic carbocycles. The molecular weight excluding hydrogens is 254 g/mol. The Morgan fingerprint density at radius 2 is 2.20 bits per heavy atom. The third kappa shape index (κ3) is 2.30. The molecule has 3 aromatic rings. The molecule has 3 N–H and O–H groups in total. The van der Waals surface area contributed by atoms with E-state index in [0.717, 1.165) is 16.6 Å². The molecule has 2 heterocycles. The standard InChI is InChI=1S/C14H11N5O/c15-7-9-1-2-11-12(5-9)18-14(17-11)19-13-6-10(8-20)3-4-16-13/h1-6,20H,8H2,(H2,16,17,18,19). The maximum atomic E-state index is 9.09. The van der Waals surface area contributed by atoms with Crippen molar-refractivity contribution in [2.24, 2.45) is 0 Å². The molecule has 0 aliphatic rings. The summed E-state index contributed by atoms with van der Waals surface area (Å²) in [5.74, 6) is 1.13. The molecule has 6 nitrogen and oxygen atoms in total. The first-order valence-corrected chi connectivity index (χ1v) is 6.01. The van der Waals surface area contributed by atoms with Crippen molar-refractivity contribution in [3.05, 3.63) is 47.7 Å². The molecule has 3 rings (SSSR count). The number of benzene rings is 1. The molecule has 0 unspecified atom stereocenters. The Bertz CT molecular complexity index is 803. The molecule has 0 radical (unpaired) electrons. The number of aromatic amines is 1. The van der Waals surface area contributed by atoms with Gasteiger partial charge in [0.1, 0.15) is 5.82 Å². The topological polar surface area (TPSA) is 97.6 Å². The molecule has 0 saturated heterocycles. The summed E-state index contributed by atoms with van der Waals surface area (Å²) in [7, 11) is 0. The minimum absolute atomic E-state index is 0.0388. The van der Waals surface area contributed by atoms with E-state index in [1.165, 1.54) is 0 Å². The highest BCUT2D eigenvalue weighted by Crippen LogP contribution is 2.18. The van der Waals surface area contributed by atoms with Gasteiger partial charge in [-0.05, 0) is 35.9 Å². The quantitative estimate of drug-likeness (QED) is 0.673. The Kier molecular flexibility index (Phi) is 3.03. The van der Waals surface area contributed by atoms with Crippen LogP contribution in [0.4, 0.5) is 11.8 Å². The van der Waals surface area contributed by atoms with Gasteiger partial charge in [0.2, 0.25) is 5.95 Å². The summed E-state index contributed by atoms with van der Waals surface area (Å²) in [6.45, 7) is -0.0388. The van der Waals surface area contributed by atoms with E-state index in [-0.39, 0.29) is 6.61 Å². The van der Waals surface area contributed by atoms with Gasteiger partial charge in [-0.1, -0.05) is 0 Å². The number of rotatable bonds is 3. The number of nitriles is 1. The number of aliphatic hydroxyl groups is 1. The lowest BCUT2D eigenvalue weighted by Gasteiger charge is -2.02. The average Bonchev–Trinajstić information content (AvgIpc) is 2.88. The minimum atomic E-state index is -0.0388. The highest BCUT2D eigenvalue weighted by Gasteiger charge is 2.05. The second-order valence-electron chi connectivity index (χ2n) is 4.26. The Morgan fingerprint density at radius 3 is 3.00 bits per heavy atom. The van der Waals surface area contributed by atoms with Crippen molar-refractivity contribution in [2.45, 2.75) is 6.61 Å². The Hall–Kier alpha value is -2.91. The smallest absolute Gasteiger partial charge is 0.206 e. The molecule has 0 spiro atoms. The van der Waals surface area contributed by atoms with Gasteiger partial charge in [-0.15, -0.1) is 0 Å². The zero-order valence-electron chi connectivity index (χ0n) is 10.5. The van der Waals surface area contributed by atoms with E-state index in [1.807, 2.05) is 0 Å². The van der Waals surface area contributed by atoms with E-state index in [1.54, 1.807) is 36.5 Å². The number of aliphatic hydroxyl groups excluding tert-OH is 1. The van der Waals surface area contributed by atoms with Crippen LogP contribution < -0.4 is 5.32 Å². The average molecular weight is 265 g/mol. The van der Waals surface area contributed by atoms with Gasteiger partial charge in [-0.25, -0.2) is 9.97 Å². The highest BCUT2D eigenvalue weighted by atomic mass is 16.3. The lowest BCUT2D eigenvalue weighted by Crippen LogP contribution is -1.96. The van der Waals surface area contributed by atoms with Crippen molar-refractivity contribution in [1.82, 2.24) is 15.0 Å². The normalized spacial score (nSPS) is 10.4. The number of H-pyrrole nitrogens is 1. The van der Waals surface area contributed by atoms with E-state index < -0.39 is 0 Å². The van der Waals surface area contributed by atoms with Gasteiger partial charge >= 0.3 is 0 Å². The van der Waals surface area contributed by atoms with Crippen LogP contribution in [0.1, 0.15) is 11.1 Å². The number of nitrogens with zero attached hydrogens (tertiary/aromatic N) is 3. The number of aromatic nitrogens is 3. The molecule has 2 aromatic heterocycles. The largest absolute Gasteiger partial charge is 0.392 e. The van der Waals surface area contributed by atoms with E-state index in [9.17, 15) is 0 Å². The van der Waals surface area contributed by atoms with Crippen LogP contribution in [-0.2, 0) is 6.61 Å². The highest BCUT2D eigenvalue weighted by molar-refractivity contribution is 5.79. The van der Waals surface area contributed by atoms with Gasteiger partial charge in [0.05, 0.1) is 29.3 Å². The molecular formula is C14H11N5O. The monoisotopic (exact) mass is 265 g/mol. The van der Waals surface area contributed by atoms with Gasteiger partial charge in [-0.2, -0.15) is 5.26 Å². The number of fused-ring (bicyclic) bond motifs is 1. The molecule has 0 amide bonds. The van der Waals surface area contributed by atoms with Crippen molar-refractivity contribution in [3.63, 3.8) is 0 Å². The van der Waals surface area contributed by atoms with Crippen molar-refractivity contribution in [1.29, 1.82) is 5.26 Å². The van der Waals surface area contributed by atoms with Crippen molar-refractivity contribution in [3.8, 4) is 6.07 Å². The molecule has 0 aliphatic carbocycles. The summed E-state index contributed by atoms with van der Waals surface area (Å²) in [4.78, 5) is 11.6. The number of hydrogen-bond donors (Lipinski definition) is 3. The predicted molar refractivity (Wildman–Crippen MR) is 74.3 cm³/mol. The van der Waals surface area contributed by atoms with E-state index >= 15 is 0 Å². The Labute approximate surface area is 114 Å². The third-order valence-electron chi connectivity index (χ3n) is 2.86. The second-order valence-corrected chi connectivity index (χ2v) is 4.26. The lowest BCUT2D eigenvalue weighted by atomic mass is 10.2. The molecule has 0 aliphatic heterocycles. The van der Waals surface area contributed by atoms with Crippen LogP contribution in [0, 0.1) is 11.3 Å². The van der Waals surface area contributed by atoms with Crippen LogP contribution in [0.15, 0.2) is 36.5 Å². The summed E-state index contributed by atoms with van der Waals surface area (Å²) >= 11 is 0. The Morgan fingerprint density at radius 1 is 1.30 bits per heavy atom. The lowest BCUT2D eigenvalue weighted by molar-refractivity contribution is 0.282. The molecule has 0 bridgehead atoms. The van der Waals surface area contributed by atoms with Crippen molar-refractivity contribution >= 4 is 22.8 Å². The minimum Gasteiger partial charge on any atom is -0.392 e. The van der Waals surface area contributed by atoms with Crippen LogP contribution in [0.2, 0.25) is 0 Å². The van der Waals surface area contributed by atoms with Gasteiger partial charge in [0.25, 0.3) is 0 Å². The van der Waals surface area contributed by atoms with Crippen LogP contribution in [0.25, 0.3) is 11.0 Å². The molecule has 6 heteroatoms. The van der Waals surface area contributed by atoms with Gasteiger partial charge in [0.15, 0.2) is 0 Å². The van der Waals surface area contributed by atoms with Crippen LogP contribution in [0.5, 0.6) is 0 Å². The SMILES string of the molecule is N#Cc1ccc2nc(Nc3cc(CO)ccn3)[nH]c2c1. The molecule has 20 heavy (non-hydrogen) atoms. The fourth-order valence-corrected chi connectivity index (χ4v) is 1.90. The first kappa shape index (κ1) is 12.1. The molecule has 0 fully saturated rings. The zero-order valence-corrected chi connectivity index (χ0v) is 10.5. The summed E-state index contributed by atoms with van der Waals surface area (Å²) < 4.78 is 0. The summed E-state index contributed by atoms with van der Waals surface area (Å²) in [5.41, 5.74) is 2.90. The van der Waals surface area contributed by atoms with Gasteiger partial charge in [-0.3, -0.25) is 0 Å². The number of imidazole rings is 1. The number of anilines is 2. The van der Waals surface area contributed by atoms with Crippen LogP contribution >= 0.6 is 0 Å². The zero-order chi connectivity index (χ0) is 13.9. The molecule has 0 atom stereocenters. The summed E-state index contributed by atoms with van der Waals surface area (Å²) in [6.07, 6.45) is 1.62. The summed E-state index contributed by atoms with van der Waals surface area (Å²) in [6, 6.07) is 10.8. The van der Waals surface area contributed by atoms with Crippen LogP contribution in [-0.4, -0.2) is 20.1 Å². The maximum absolute atomic E-state index is 9.09. The third-order valence-corrected chi connectivity index (χ3v) is 2.86. The fourth-order valence-electron chi connectivity index (χ4n) is 1.90. The number of pyridine rings is 1. The first-order valence-electron chi connectivity index (χ1n) is 6.01. The first-order chi connectivity index (χ1) is 9.78. The van der Waals surface area contributed by atoms with Crippen LogP contribution in [0.3, 0.4) is 0 Å². The summed E-state index contributed by atoms with van der Waals surface area (Å²) in [5, 5.41) is 21.0. The van der Waals surface area contributed by atoms with E-state index in [4.69, 9.17) is 10.4 Å².